The van der Waals surface area contributed by atoms with Crippen LogP contribution in [0, 0.1) is 11.3 Å². The molecule has 0 atom stereocenters. The molecule has 0 heterocycles. The highest BCUT2D eigenvalue weighted by atomic mass is 19.4. The molecule has 1 aliphatic rings. The van der Waals surface area contributed by atoms with Crippen molar-refractivity contribution in [3.05, 3.63) is 0 Å². The average Bonchev–Trinajstić information content (AvgIpc) is 2.26. The topological polar surface area (TPSA) is 12.0 Å². The van der Waals surface area contributed by atoms with Gasteiger partial charge in [0.1, 0.15) is 0 Å². The molecule has 1 saturated carbocycles. The first-order valence-corrected chi connectivity index (χ1v) is 6.55. The molecule has 0 saturated heterocycles. The van der Waals surface area contributed by atoms with Gasteiger partial charge >= 0.3 is 6.18 Å². The van der Waals surface area contributed by atoms with E-state index in [1.165, 1.54) is 0 Å². The Bertz CT molecular complexity index is 227. The number of rotatable bonds is 4. The summed E-state index contributed by atoms with van der Waals surface area (Å²) in [6.07, 6.45) is 0.916. The third-order valence-corrected chi connectivity index (χ3v) is 4.33. The van der Waals surface area contributed by atoms with Gasteiger partial charge in [0.2, 0.25) is 0 Å². The van der Waals surface area contributed by atoms with Crippen LogP contribution in [0.25, 0.3) is 0 Å². The summed E-state index contributed by atoms with van der Waals surface area (Å²) in [5, 5.41) is 2.63. The Morgan fingerprint density at radius 2 is 1.59 bits per heavy atom. The van der Waals surface area contributed by atoms with E-state index >= 15 is 0 Å². The highest BCUT2D eigenvalue weighted by Gasteiger charge is 2.33. The number of halogens is 3. The molecule has 0 radical (unpaired) electrons. The molecule has 0 aliphatic heterocycles. The van der Waals surface area contributed by atoms with Crippen molar-refractivity contribution in [3.63, 3.8) is 0 Å². The molecule has 0 amide bonds. The molecule has 4 heteroatoms. The Hall–Kier alpha value is -0.250. The van der Waals surface area contributed by atoms with E-state index in [2.05, 4.69) is 26.1 Å². The SMILES string of the molecule is CCC(C)(C)C1CCC(NCC(F)(F)F)CC1. The zero-order chi connectivity index (χ0) is 13.1. The lowest BCUT2D eigenvalue weighted by Gasteiger charge is -2.39. The van der Waals surface area contributed by atoms with E-state index in [4.69, 9.17) is 0 Å². The van der Waals surface area contributed by atoms with Crippen LogP contribution in [0.1, 0.15) is 52.9 Å². The van der Waals surface area contributed by atoms with Crippen molar-refractivity contribution in [2.45, 2.75) is 65.1 Å². The zero-order valence-electron chi connectivity index (χ0n) is 11.0. The van der Waals surface area contributed by atoms with E-state index < -0.39 is 12.7 Å². The van der Waals surface area contributed by atoms with Crippen molar-refractivity contribution in [2.75, 3.05) is 6.54 Å². The molecule has 1 N–H and O–H groups in total. The minimum atomic E-state index is -4.08. The van der Waals surface area contributed by atoms with E-state index in [0.717, 1.165) is 32.1 Å². The highest BCUT2D eigenvalue weighted by Crippen LogP contribution is 2.40. The maximum Gasteiger partial charge on any atom is 0.401 e. The van der Waals surface area contributed by atoms with Crippen LogP contribution >= 0.6 is 0 Å². The van der Waals surface area contributed by atoms with Crippen LogP contribution < -0.4 is 5.32 Å². The highest BCUT2D eigenvalue weighted by molar-refractivity contribution is 4.85. The second kappa shape index (κ2) is 5.59. The van der Waals surface area contributed by atoms with Crippen LogP contribution in [-0.4, -0.2) is 18.8 Å². The molecule has 0 bridgehead atoms. The summed E-state index contributed by atoms with van der Waals surface area (Å²) in [7, 11) is 0. The second-order valence-electron chi connectivity index (χ2n) is 5.89. The maximum atomic E-state index is 12.1. The molecule has 1 fully saturated rings. The van der Waals surface area contributed by atoms with E-state index in [1.54, 1.807) is 0 Å². The lowest BCUT2D eigenvalue weighted by Crippen LogP contribution is -2.41. The molecule has 0 aromatic carbocycles. The normalized spacial score (nSPS) is 27.2. The lowest BCUT2D eigenvalue weighted by molar-refractivity contribution is -0.126. The molecular formula is C13H24F3N. The van der Waals surface area contributed by atoms with Crippen molar-refractivity contribution in [1.29, 1.82) is 0 Å². The van der Waals surface area contributed by atoms with Gasteiger partial charge < -0.3 is 5.32 Å². The first-order chi connectivity index (χ1) is 7.74. The third-order valence-electron chi connectivity index (χ3n) is 4.33. The van der Waals surface area contributed by atoms with Crippen molar-refractivity contribution in [1.82, 2.24) is 5.32 Å². The fraction of sp³-hybridized carbons (Fsp3) is 1.00. The summed E-state index contributed by atoms with van der Waals surface area (Å²) < 4.78 is 36.2. The van der Waals surface area contributed by atoms with E-state index in [0.29, 0.717) is 11.3 Å². The van der Waals surface area contributed by atoms with Gasteiger partial charge in [-0.05, 0) is 37.0 Å². The number of alkyl halides is 3. The van der Waals surface area contributed by atoms with Gasteiger partial charge in [-0.2, -0.15) is 13.2 Å². The first kappa shape index (κ1) is 14.8. The fourth-order valence-corrected chi connectivity index (χ4v) is 2.63. The van der Waals surface area contributed by atoms with Gasteiger partial charge in [-0.25, -0.2) is 0 Å². The van der Waals surface area contributed by atoms with Gasteiger partial charge in [0, 0.05) is 6.04 Å². The second-order valence-corrected chi connectivity index (χ2v) is 5.89. The molecule has 0 unspecified atom stereocenters. The Morgan fingerprint density at radius 3 is 2.00 bits per heavy atom. The van der Waals surface area contributed by atoms with Gasteiger partial charge in [-0.15, -0.1) is 0 Å². The van der Waals surface area contributed by atoms with Crippen LogP contribution in [-0.2, 0) is 0 Å². The molecule has 0 aromatic heterocycles. The largest absolute Gasteiger partial charge is 0.401 e. The molecule has 1 nitrogen and oxygen atoms in total. The predicted molar refractivity (Wildman–Crippen MR) is 63.9 cm³/mol. The quantitative estimate of drug-likeness (QED) is 0.792. The van der Waals surface area contributed by atoms with Crippen LogP contribution in [0.5, 0.6) is 0 Å². The molecule has 1 aliphatic carbocycles. The minimum Gasteiger partial charge on any atom is -0.306 e. The summed E-state index contributed by atoms with van der Waals surface area (Å²) >= 11 is 0. The molecule has 102 valence electrons. The van der Waals surface area contributed by atoms with Crippen molar-refractivity contribution in [2.24, 2.45) is 11.3 Å². The summed E-state index contributed by atoms with van der Waals surface area (Å²) in [6.45, 7) is 5.87. The molecule has 0 aromatic rings. The van der Waals surface area contributed by atoms with Crippen molar-refractivity contribution >= 4 is 0 Å². The van der Waals surface area contributed by atoms with Crippen LogP contribution in [0.3, 0.4) is 0 Å². The van der Waals surface area contributed by atoms with Crippen LogP contribution in [0.4, 0.5) is 13.2 Å². The Morgan fingerprint density at radius 1 is 1.06 bits per heavy atom. The Balaban J connectivity index is 2.31. The molecule has 1 rings (SSSR count). The van der Waals surface area contributed by atoms with Crippen LogP contribution in [0.2, 0.25) is 0 Å². The van der Waals surface area contributed by atoms with Crippen LogP contribution in [0.15, 0.2) is 0 Å². The van der Waals surface area contributed by atoms with Crippen molar-refractivity contribution < 1.29 is 13.2 Å². The van der Waals surface area contributed by atoms with E-state index in [9.17, 15) is 13.2 Å². The Labute approximate surface area is 102 Å². The van der Waals surface area contributed by atoms with Gasteiger partial charge in [-0.3, -0.25) is 0 Å². The lowest BCUT2D eigenvalue weighted by atomic mass is 9.69. The van der Waals surface area contributed by atoms with E-state index in [1.807, 2.05) is 0 Å². The zero-order valence-corrected chi connectivity index (χ0v) is 11.0. The summed E-state index contributed by atoms with van der Waals surface area (Å²) in [5.41, 5.74) is 0.328. The maximum absolute atomic E-state index is 12.1. The summed E-state index contributed by atoms with van der Waals surface area (Å²) in [4.78, 5) is 0. The van der Waals surface area contributed by atoms with Gasteiger partial charge in [-0.1, -0.05) is 27.2 Å². The average molecular weight is 251 g/mol. The van der Waals surface area contributed by atoms with Gasteiger partial charge in [0.15, 0.2) is 0 Å². The van der Waals surface area contributed by atoms with E-state index in [-0.39, 0.29) is 6.04 Å². The predicted octanol–water partition coefficient (Wildman–Crippen LogP) is 4.13. The standard InChI is InChI=1S/C13H24F3N/c1-4-12(2,3)10-5-7-11(8-6-10)17-9-13(14,15)16/h10-11,17H,4-9H2,1-3H3. The van der Waals surface area contributed by atoms with Gasteiger partial charge in [0.25, 0.3) is 0 Å². The molecule has 17 heavy (non-hydrogen) atoms. The monoisotopic (exact) mass is 251 g/mol. The minimum absolute atomic E-state index is 0.0560. The number of nitrogens with one attached hydrogen (secondary N) is 1. The van der Waals surface area contributed by atoms with Gasteiger partial charge in [0.05, 0.1) is 6.54 Å². The van der Waals surface area contributed by atoms with Crippen molar-refractivity contribution in [3.8, 4) is 0 Å². The fourth-order valence-electron chi connectivity index (χ4n) is 2.63. The summed E-state index contributed by atoms with van der Waals surface area (Å²) in [6, 6.07) is 0.0560. The smallest absolute Gasteiger partial charge is 0.306 e. The summed E-state index contributed by atoms with van der Waals surface area (Å²) in [5.74, 6) is 0.663. The number of hydrogen-bond donors (Lipinski definition) is 1. The number of hydrogen-bond acceptors (Lipinski definition) is 1. The molecular weight excluding hydrogens is 227 g/mol. The Kier molecular flexibility index (Phi) is 4.87. The third kappa shape index (κ3) is 4.86. The molecule has 0 spiro atoms. The first-order valence-electron chi connectivity index (χ1n) is 6.55.